The number of nitrogens with one attached hydrogen (secondary N) is 1. The van der Waals surface area contributed by atoms with E-state index >= 15 is 0 Å². The van der Waals surface area contributed by atoms with Crippen molar-refractivity contribution in [3.63, 3.8) is 0 Å². The minimum atomic E-state index is -0.346. The van der Waals surface area contributed by atoms with Gasteiger partial charge in [-0.2, -0.15) is 0 Å². The number of carbonyl (C=O) groups is 2. The second-order valence-electron chi connectivity index (χ2n) is 6.43. The Morgan fingerprint density at radius 1 is 0.960 bits per heavy atom. The molecule has 0 spiro atoms. The summed E-state index contributed by atoms with van der Waals surface area (Å²) in [5.41, 5.74) is 0.432. The zero-order chi connectivity index (χ0) is 18.7. The number of benzene rings is 1. The zero-order valence-corrected chi connectivity index (χ0v) is 16.8. The van der Waals surface area contributed by atoms with E-state index in [9.17, 15) is 9.59 Å². The highest BCUT2D eigenvalue weighted by atomic mass is 35.5. The van der Waals surface area contributed by atoms with E-state index < -0.39 is 0 Å². The summed E-state index contributed by atoms with van der Waals surface area (Å²) < 4.78 is 0. The fourth-order valence-corrected chi connectivity index (χ4v) is 3.31. The topological polar surface area (TPSA) is 52.7 Å². The molecule has 1 aliphatic rings. The van der Waals surface area contributed by atoms with Crippen LogP contribution < -0.4 is 5.32 Å². The normalized spacial score (nSPS) is 16.8. The van der Waals surface area contributed by atoms with Crippen LogP contribution in [0.25, 0.3) is 0 Å². The Labute approximate surface area is 163 Å². The van der Waals surface area contributed by atoms with Gasteiger partial charge in [-0.3, -0.25) is 14.5 Å². The maximum atomic E-state index is 12.5. The van der Waals surface area contributed by atoms with Crippen LogP contribution in [0.3, 0.4) is 0 Å². The van der Waals surface area contributed by atoms with Crippen molar-refractivity contribution >= 4 is 52.3 Å². The third kappa shape index (κ3) is 5.00. The molecule has 8 heteroatoms. The lowest BCUT2D eigenvalue weighted by Crippen LogP contribution is -2.54. The average Bonchev–Trinajstić information content (AvgIpc) is 2.58. The smallest absolute Gasteiger partial charge is 0.241 e. The van der Waals surface area contributed by atoms with Gasteiger partial charge in [0, 0.05) is 32.1 Å². The molecule has 0 aromatic heterocycles. The predicted octanol–water partition coefficient (Wildman–Crippen LogP) is 3.77. The molecular weight excluding hydrogens is 385 g/mol. The standard InChI is InChI=1S/C17H22Cl3N3O2/c1-10(2)17(25)23-6-4-22(5-7-23)11(3)16(24)21-15-9-13(19)12(18)8-14(15)20/h8-11H,4-7H2,1-3H3,(H,21,24). The molecule has 1 fully saturated rings. The Hall–Kier alpha value is -1.01. The number of hydrogen-bond donors (Lipinski definition) is 1. The first-order valence-electron chi connectivity index (χ1n) is 8.19. The van der Waals surface area contributed by atoms with E-state index in [2.05, 4.69) is 5.32 Å². The molecule has 1 heterocycles. The van der Waals surface area contributed by atoms with E-state index in [-0.39, 0.29) is 23.8 Å². The van der Waals surface area contributed by atoms with Crippen molar-refractivity contribution in [2.45, 2.75) is 26.8 Å². The number of piperazine rings is 1. The van der Waals surface area contributed by atoms with E-state index in [1.54, 1.807) is 0 Å². The number of halogens is 3. The highest BCUT2D eigenvalue weighted by molar-refractivity contribution is 6.44. The molecule has 2 amide bonds. The molecule has 1 aliphatic heterocycles. The van der Waals surface area contributed by atoms with Crippen LogP contribution in [-0.4, -0.2) is 53.8 Å². The van der Waals surface area contributed by atoms with E-state index in [0.717, 1.165) is 0 Å². The van der Waals surface area contributed by atoms with E-state index in [4.69, 9.17) is 34.8 Å². The van der Waals surface area contributed by atoms with Crippen molar-refractivity contribution in [2.24, 2.45) is 5.92 Å². The van der Waals surface area contributed by atoms with Crippen molar-refractivity contribution in [3.8, 4) is 0 Å². The van der Waals surface area contributed by atoms with Gasteiger partial charge in [0.15, 0.2) is 0 Å². The fraction of sp³-hybridized carbons (Fsp3) is 0.529. The molecule has 0 radical (unpaired) electrons. The molecule has 1 N–H and O–H groups in total. The van der Waals surface area contributed by atoms with Crippen molar-refractivity contribution in [1.29, 1.82) is 0 Å². The maximum absolute atomic E-state index is 12.5. The van der Waals surface area contributed by atoms with Crippen molar-refractivity contribution < 1.29 is 9.59 Å². The molecule has 0 bridgehead atoms. The summed E-state index contributed by atoms with van der Waals surface area (Å²) in [6.45, 7) is 8.19. The Balaban J connectivity index is 1.95. The molecule has 25 heavy (non-hydrogen) atoms. The second kappa shape index (κ2) is 8.58. The predicted molar refractivity (Wildman–Crippen MR) is 103 cm³/mol. The van der Waals surface area contributed by atoms with Gasteiger partial charge in [0.2, 0.25) is 11.8 Å². The maximum Gasteiger partial charge on any atom is 0.241 e. The summed E-state index contributed by atoms with van der Waals surface area (Å²) in [5.74, 6) is -0.0349. The van der Waals surface area contributed by atoms with E-state index in [1.165, 1.54) is 12.1 Å². The average molecular weight is 407 g/mol. The van der Waals surface area contributed by atoms with Crippen molar-refractivity contribution in [1.82, 2.24) is 9.80 Å². The zero-order valence-electron chi connectivity index (χ0n) is 14.5. The van der Waals surface area contributed by atoms with Crippen LogP contribution >= 0.6 is 34.8 Å². The summed E-state index contributed by atoms with van der Waals surface area (Å²) in [6, 6.07) is 2.69. The summed E-state index contributed by atoms with van der Waals surface area (Å²) in [5, 5.41) is 3.79. The summed E-state index contributed by atoms with van der Waals surface area (Å²) in [4.78, 5) is 28.4. The van der Waals surface area contributed by atoms with Gasteiger partial charge in [0.1, 0.15) is 0 Å². The van der Waals surface area contributed by atoms with Crippen LogP contribution in [0.1, 0.15) is 20.8 Å². The molecule has 1 unspecified atom stereocenters. The third-order valence-electron chi connectivity index (χ3n) is 4.31. The lowest BCUT2D eigenvalue weighted by molar-refractivity contribution is -0.136. The van der Waals surface area contributed by atoms with E-state index in [0.29, 0.717) is 46.9 Å². The first-order valence-corrected chi connectivity index (χ1v) is 9.32. The monoisotopic (exact) mass is 405 g/mol. The highest BCUT2D eigenvalue weighted by Gasteiger charge is 2.28. The van der Waals surface area contributed by atoms with Gasteiger partial charge in [0.25, 0.3) is 0 Å². The van der Waals surface area contributed by atoms with Gasteiger partial charge in [-0.15, -0.1) is 0 Å². The minimum absolute atomic E-state index is 0.0101. The van der Waals surface area contributed by atoms with Crippen LogP contribution in [0.4, 0.5) is 5.69 Å². The van der Waals surface area contributed by atoms with Gasteiger partial charge in [0.05, 0.1) is 26.8 Å². The molecule has 0 aliphatic carbocycles. The van der Waals surface area contributed by atoms with Crippen LogP contribution in [0.15, 0.2) is 12.1 Å². The van der Waals surface area contributed by atoms with Gasteiger partial charge in [-0.1, -0.05) is 48.7 Å². The van der Waals surface area contributed by atoms with Crippen LogP contribution in [0.2, 0.25) is 15.1 Å². The summed E-state index contributed by atoms with van der Waals surface area (Å²) >= 11 is 18.0. The van der Waals surface area contributed by atoms with Crippen molar-refractivity contribution in [3.05, 3.63) is 27.2 Å². The van der Waals surface area contributed by atoms with Gasteiger partial charge in [-0.05, 0) is 19.1 Å². The molecule has 1 aromatic carbocycles. The molecule has 138 valence electrons. The summed E-state index contributed by atoms with van der Waals surface area (Å²) in [6.07, 6.45) is 0. The van der Waals surface area contributed by atoms with Crippen molar-refractivity contribution in [2.75, 3.05) is 31.5 Å². The van der Waals surface area contributed by atoms with Gasteiger partial charge < -0.3 is 10.2 Å². The number of rotatable bonds is 4. The van der Waals surface area contributed by atoms with Gasteiger partial charge >= 0.3 is 0 Å². The van der Waals surface area contributed by atoms with Gasteiger partial charge in [-0.25, -0.2) is 0 Å². The van der Waals surface area contributed by atoms with Crippen LogP contribution in [-0.2, 0) is 9.59 Å². The molecule has 2 rings (SSSR count). The summed E-state index contributed by atoms with van der Waals surface area (Å²) in [7, 11) is 0. The highest BCUT2D eigenvalue weighted by Crippen LogP contribution is 2.32. The Morgan fingerprint density at radius 2 is 1.52 bits per heavy atom. The number of hydrogen-bond acceptors (Lipinski definition) is 3. The first-order chi connectivity index (χ1) is 11.7. The number of carbonyl (C=O) groups excluding carboxylic acids is 2. The number of amides is 2. The lowest BCUT2D eigenvalue weighted by atomic mass is 10.1. The quantitative estimate of drug-likeness (QED) is 0.774. The first kappa shape index (κ1) is 20.3. The van der Waals surface area contributed by atoms with Crippen LogP contribution in [0.5, 0.6) is 0 Å². The Morgan fingerprint density at radius 3 is 2.08 bits per heavy atom. The Bertz CT molecular complexity index is 659. The molecule has 1 aromatic rings. The molecule has 0 saturated carbocycles. The number of nitrogens with zero attached hydrogens (tertiary/aromatic N) is 2. The van der Waals surface area contributed by atoms with E-state index in [1.807, 2.05) is 30.6 Å². The fourth-order valence-electron chi connectivity index (χ4n) is 2.72. The second-order valence-corrected chi connectivity index (χ2v) is 7.65. The SMILES string of the molecule is CC(C)C(=O)N1CCN(C(C)C(=O)Nc2cc(Cl)c(Cl)cc2Cl)CC1. The largest absolute Gasteiger partial charge is 0.340 e. The molecule has 1 saturated heterocycles. The third-order valence-corrected chi connectivity index (χ3v) is 5.35. The minimum Gasteiger partial charge on any atom is -0.340 e. The Kier molecular flexibility index (Phi) is 6.97. The number of anilines is 1. The molecule has 5 nitrogen and oxygen atoms in total. The van der Waals surface area contributed by atoms with Crippen LogP contribution in [0, 0.1) is 5.92 Å². The molecule has 1 atom stereocenters. The molecular formula is C17H22Cl3N3O2. The lowest BCUT2D eigenvalue weighted by Gasteiger charge is -2.38.